The number of nitrogens with zero attached hydrogens (tertiary/aromatic N) is 4. The van der Waals surface area contributed by atoms with Crippen LogP contribution in [0.5, 0.6) is 0 Å². The molecule has 0 aliphatic heterocycles. The van der Waals surface area contributed by atoms with Crippen LogP contribution in [0.4, 0.5) is 0 Å². The van der Waals surface area contributed by atoms with Crippen LogP contribution in [0, 0.1) is 0 Å². The van der Waals surface area contributed by atoms with E-state index in [1.165, 1.54) is 0 Å². The maximum atomic E-state index is 6.38. The second-order valence-electron chi connectivity index (χ2n) is 17.9. The normalized spacial score (nSPS) is 12.8. The Bertz CT molecular complexity index is 4100. The Morgan fingerprint density at radius 1 is 0.348 bits per heavy atom. The van der Waals surface area contributed by atoms with Gasteiger partial charge in [-0.15, -0.1) is 0 Å². The van der Waals surface area contributed by atoms with Gasteiger partial charge in [-0.25, -0.2) is 4.98 Å². The number of benzene rings is 10. The molecular formula is C64H40N4O. The molecule has 1 aliphatic carbocycles. The molecule has 3 heterocycles. The molecule has 0 atom stereocenters. The standard InChI is InChI=1S/C64H40N4O/c1-3-18-41(19-4-1)43-22-16-25-47(39-43)64(54-31-11-7-26-49(54)50-27-8-12-32-55(50)64)62-65-61(46-24-15-23-45(38-46)48-30-17-35-59-60(48)53-29-10-14-34-58(53)69-59)66-63(67-62)68-56-33-13-9-28-51(56)52-37-36-44(40-57(52)68)42-20-5-2-6-21-42/h1-40H. The summed E-state index contributed by atoms with van der Waals surface area (Å²) in [5.74, 6) is 1.76. The van der Waals surface area contributed by atoms with E-state index in [1.54, 1.807) is 0 Å². The largest absolute Gasteiger partial charge is 0.456 e. The molecule has 0 amide bonds. The van der Waals surface area contributed by atoms with Gasteiger partial charge in [0.1, 0.15) is 16.6 Å². The van der Waals surface area contributed by atoms with Crippen LogP contribution < -0.4 is 0 Å². The van der Waals surface area contributed by atoms with Crippen LogP contribution in [-0.4, -0.2) is 19.5 Å². The minimum Gasteiger partial charge on any atom is -0.456 e. The van der Waals surface area contributed by atoms with Gasteiger partial charge in [-0.2, -0.15) is 9.97 Å². The zero-order chi connectivity index (χ0) is 45.5. The van der Waals surface area contributed by atoms with Crippen molar-refractivity contribution < 1.29 is 4.42 Å². The summed E-state index contributed by atoms with van der Waals surface area (Å²) in [6, 6.07) is 86.2. The molecule has 0 radical (unpaired) electrons. The van der Waals surface area contributed by atoms with Gasteiger partial charge in [0, 0.05) is 27.1 Å². The monoisotopic (exact) mass is 880 g/mol. The molecule has 10 aromatic carbocycles. The van der Waals surface area contributed by atoms with E-state index in [2.05, 4.69) is 229 Å². The van der Waals surface area contributed by atoms with E-state index >= 15 is 0 Å². The SMILES string of the molecule is c1ccc(-c2cccc(C3(c4nc(-c5cccc(-c6cccc7oc8ccccc8c67)c5)nc(-n5c6ccccc6c6ccc(-c7ccccc7)cc65)n4)c4ccccc4-c4ccccc43)c2)cc1. The van der Waals surface area contributed by atoms with E-state index in [4.69, 9.17) is 19.4 Å². The van der Waals surface area contributed by atoms with Crippen molar-refractivity contribution in [2.24, 2.45) is 0 Å². The highest BCUT2D eigenvalue weighted by molar-refractivity contribution is 6.13. The topological polar surface area (TPSA) is 56.7 Å². The van der Waals surface area contributed by atoms with Crippen LogP contribution >= 0.6 is 0 Å². The fourth-order valence-corrected chi connectivity index (χ4v) is 11.1. The van der Waals surface area contributed by atoms with Crippen molar-refractivity contribution in [3.05, 3.63) is 265 Å². The van der Waals surface area contributed by atoms with Gasteiger partial charge in [-0.05, 0) is 97.6 Å². The zero-order valence-corrected chi connectivity index (χ0v) is 37.3. The molecule has 0 unspecified atom stereocenters. The summed E-state index contributed by atoms with van der Waals surface area (Å²) in [4.78, 5) is 17.1. The summed E-state index contributed by atoms with van der Waals surface area (Å²) < 4.78 is 8.62. The highest BCUT2D eigenvalue weighted by Gasteiger charge is 2.49. The minimum absolute atomic E-state index is 0.542. The van der Waals surface area contributed by atoms with Crippen LogP contribution in [0.1, 0.15) is 22.5 Å². The molecule has 0 bridgehead atoms. The average Bonchev–Trinajstić information content (AvgIpc) is 4.08. The Balaban J connectivity index is 1.09. The second-order valence-corrected chi connectivity index (χ2v) is 17.9. The molecule has 0 saturated heterocycles. The first-order valence-electron chi connectivity index (χ1n) is 23.4. The summed E-state index contributed by atoms with van der Waals surface area (Å²) in [5.41, 5.74) is 16.0. The Labute approximate surface area is 398 Å². The van der Waals surface area contributed by atoms with Gasteiger partial charge in [0.25, 0.3) is 0 Å². The average molecular weight is 881 g/mol. The molecule has 0 N–H and O–H groups in total. The summed E-state index contributed by atoms with van der Waals surface area (Å²) in [6.07, 6.45) is 0. The number of furan rings is 1. The van der Waals surface area contributed by atoms with Gasteiger partial charge >= 0.3 is 0 Å². The van der Waals surface area contributed by atoms with Crippen molar-refractivity contribution in [3.63, 3.8) is 0 Å². The van der Waals surface area contributed by atoms with Crippen LogP contribution in [0.25, 0.3) is 106 Å². The second kappa shape index (κ2) is 15.4. The van der Waals surface area contributed by atoms with E-state index in [-0.39, 0.29) is 0 Å². The van der Waals surface area contributed by atoms with E-state index in [0.29, 0.717) is 17.6 Å². The lowest BCUT2D eigenvalue weighted by Gasteiger charge is -2.32. The van der Waals surface area contributed by atoms with E-state index < -0.39 is 5.41 Å². The summed E-state index contributed by atoms with van der Waals surface area (Å²) >= 11 is 0. The van der Waals surface area contributed by atoms with Gasteiger partial charge in [0.15, 0.2) is 11.6 Å². The number of para-hydroxylation sites is 2. The lowest BCUT2D eigenvalue weighted by atomic mass is 9.71. The highest BCUT2D eigenvalue weighted by atomic mass is 16.3. The van der Waals surface area contributed by atoms with E-state index in [1.807, 2.05) is 18.2 Å². The maximum Gasteiger partial charge on any atom is 0.238 e. The fraction of sp³-hybridized carbons (Fsp3) is 0.0156. The highest BCUT2D eigenvalue weighted by Crippen LogP contribution is 2.56. The predicted molar refractivity (Wildman–Crippen MR) is 280 cm³/mol. The number of hydrogen-bond acceptors (Lipinski definition) is 4. The molecule has 5 nitrogen and oxygen atoms in total. The zero-order valence-electron chi connectivity index (χ0n) is 37.3. The van der Waals surface area contributed by atoms with Crippen LogP contribution in [-0.2, 0) is 5.41 Å². The third-order valence-electron chi connectivity index (χ3n) is 14.1. The van der Waals surface area contributed by atoms with Crippen molar-refractivity contribution in [3.8, 4) is 61.8 Å². The molecule has 5 heteroatoms. The van der Waals surface area contributed by atoms with Crippen LogP contribution in [0.2, 0.25) is 0 Å². The van der Waals surface area contributed by atoms with Gasteiger partial charge < -0.3 is 4.42 Å². The lowest BCUT2D eigenvalue weighted by Crippen LogP contribution is -2.32. The predicted octanol–water partition coefficient (Wildman–Crippen LogP) is 15.9. The van der Waals surface area contributed by atoms with Crippen molar-refractivity contribution in [2.75, 3.05) is 0 Å². The summed E-state index contributed by atoms with van der Waals surface area (Å²) in [5, 5.41) is 4.41. The minimum atomic E-state index is -0.933. The number of hydrogen-bond donors (Lipinski definition) is 0. The lowest BCUT2D eigenvalue weighted by molar-refractivity contribution is 0.669. The Morgan fingerprint density at radius 3 is 1.70 bits per heavy atom. The Hall–Kier alpha value is -9.19. The maximum absolute atomic E-state index is 6.38. The first kappa shape index (κ1) is 39.0. The Kier molecular flexibility index (Phi) is 8.73. The Morgan fingerprint density at radius 2 is 0.913 bits per heavy atom. The molecule has 0 spiro atoms. The van der Waals surface area contributed by atoms with Crippen LogP contribution in [0.15, 0.2) is 247 Å². The third kappa shape index (κ3) is 6.00. The van der Waals surface area contributed by atoms with E-state index in [9.17, 15) is 0 Å². The summed E-state index contributed by atoms with van der Waals surface area (Å²) in [7, 11) is 0. The van der Waals surface area contributed by atoms with Gasteiger partial charge in [-0.1, -0.05) is 206 Å². The van der Waals surface area contributed by atoms with Crippen molar-refractivity contribution in [2.45, 2.75) is 5.41 Å². The fourth-order valence-electron chi connectivity index (χ4n) is 11.1. The molecular weight excluding hydrogens is 841 g/mol. The molecule has 14 rings (SSSR count). The molecule has 69 heavy (non-hydrogen) atoms. The quantitative estimate of drug-likeness (QED) is 0.160. The van der Waals surface area contributed by atoms with Gasteiger partial charge in [0.05, 0.1) is 11.0 Å². The van der Waals surface area contributed by atoms with Gasteiger partial charge in [-0.3, -0.25) is 4.57 Å². The van der Waals surface area contributed by atoms with Gasteiger partial charge in [0.2, 0.25) is 5.95 Å². The van der Waals surface area contributed by atoms with Crippen molar-refractivity contribution in [1.82, 2.24) is 19.5 Å². The van der Waals surface area contributed by atoms with Crippen molar-refractivity contribution >= 4 is 43.7 Å². The smallest absolute Gasteiger partial charge is 0.238 e. The third-order valence-corrected chi connectivity index (χ3v) is 14.1. The summed E-state index contributed by atoms with van der Waals surface area (Å²) in [6.45, 7) is 0. The molecule has 0 saturated carbocycles. The molecule has 0 fully saturated rings. The number of fused-ring (bicyclic) bond motifs is 9. The van der Waals surface area contributed by atoms with Crippen LogP contribution in [0.3, 0.4) is 0 Å². The first-order valence-corrected chi connectivity index (χ1v) is 23.4. The molecule has 13 aromatic rings. The van der Waals surface area contributed by atoms with E-state index in [0.717, 1.165) is 111 Å². The molecule has 322 valence electrons. The molecule has 1 aliphatic rings. The number of aromatic nitrogens is 4. The number of rotatable bonds is 7. The van der Waals surface area contributed by atoms with Crippen molar-refractivity contribution in [1.29, 1.82) is 0 Å². The first-order chi connectivity index (χ1) is 34.2. The molecule has 3 aromatic heterocycles.